The molecule has 0 spiro atoms. The van der Waals surface area contributed by atoms with Gasteiger partial charge in [-0.05, 0) is 35.5 Å². The molecule has 0 aliphatic rings. The van der Waals surface area contributed by atoms with E-state index in [1.54, 1.807) is 11.3 Å². The van der Waals surface area contributed by atoms with Gasteiger partial charge in [-0.25, -0.2) is 0 Å². The fourth-order valence-corrected chi connectivity index (χ4v) is 2.91. The minimum atomic E-state index is 0.196. The van der Waals surface area contributed by atoms with Gasteiger partial charge in [-0.3, -0.25) is 4.98 Å². The Morgan fingerprint density at radius 2 is 2.12 bits per heavy atom. The van der Waals surface area contributed by atoms with Crippen molar-refractivity contribution in [3.63, 3.8) is 0 Å². The molecule has 0 amide bonds. The van der Waals surface area contributed by atoms with Crippen molar-refractivity contribution >= 4 is 21.6 Å². The van der Waals surface area contributed by atoms with Crippen LogP contribution in [0.5, 0.6) is 0 Å². The molecule has 2 heterocycles. The molecule has 0 aliphatic carbocycles. The monoisotopic (exact) mass is 234 g/mol. The number of hydrogen-bond donors (Lipinski definition) is 1. The van der Waals surface area contributed by atoms with Crippen LogP contribution in [0.3, 0.4) is 0 Å². The van der Waals surface area contributed by atoms with Crippen molar-refractivity contribution in [3.8, 4) is 0 Å². The first-order valence-electron chi connectivity index (χ1n) is 5.53. The Labute approximate surface area is 101 Å². The first kappa shape index (κ1) is 11.6. The minimum Gasteiger partial charge on any atom is -0.313 e. The molecule has 0 saturated heterocycles. The second kappa shape index (κ2) is 4.15. The number of thiophene rings is 1. The summed E-state index contributed by atoms with van der Waals surface area (Å²) in [6.45, 7) is 6.73. The maximum atomic E-state index is 4.49. The van der Waals surface area contributed by atoms with Crippen LogP contribution in [0.2, 0.25) is 0 Å². The predicted molar refractivity (Wildman–Crippen MR) is 70.9 cm³/mol. The predicted octanol–water partition coefficient (Wildman–Crippen LogP) is 3.60. The van der Waals surface area contributed by atoms with Gasteiger partial charge in [0.05, 0.1) is 10.2 Å². The molecule has 0 fully saturated rings. The zero-order chi connectivity index (χ0) is 11.8. The topological polar surface area (TPSA) is 24.9 Å². The Morgan fingerprint density at radius 3 is 2.75 bits per heavy atom. The van der Waals surface area contributed by atoms with Crippen molar-refractivity contribution in [2.75, 3.05) is 7.05 Å². The molecule has 0 bridgehead atoms. The second-order valence-corrected chi connectivity index (χ2v) is 6.11. The van der Waals surface area contributed by atoms with Gasteiger partial charge >= 0.3 is 0 Å². The first-order chi connectivity index (χ1) is 7.52. The molecule has 0 aliphatic heterocycles. The van der Waals surface area contributed by atoms with Crippen molar-refractivity contribution in [1.29, 1.82) is 0 Å². The quantitative estimate of drug-likeness (QED) is 0.858. The van der Waals surface area contributed by atoms with E-state index in [1.165, 1.54) is 10.3 Å². The highest BCUT2D eigenvalue weighted by Gasteiger charge is 2.25. The minimum absolute atomic E-state index is 0.196. The summed E-state index contributed by atoms with van der Waals surface area (Å²) in [5.74, 6) is 0. The van der Waals surface area contributed by atoms with E-state index < -0.39 is 0 Å². The average Bonchev–Trinajstić information content (AvgIpc) is 2.63. The highest BCUT2D eigenvalue weighted by molar-refractivity contribution is 7.17. The second-order valence-electron chi connectivity index (χ2n) is 5.16. The highest BCUT2D eigenvalue weighted by atomic mass is 32.1. The number of fused-ring (bicyclic) bond motifs is 1. The van der Waals surface area contributed by atoms with Crippen LogP contribution in [0.4, 0.5) is 0 Å². The summed E-state index contributed by atoms with van der Waals surface area (Å²) in [6.07, 6.45) is 1.99. The van der Waals surface area contributed by atoms with Crippen LogP contribution < -0.4 is 5.32 Å². The Hall–Kier alpha value is -0.930. The Kier molecular flexibility index (Phi) is 3.00. The summed E-state index contributed by atoms with van der Waals surface area (Å²) in [7, 11) is 2.01. The molecule has 0 aromatic carbocycles. The molecular weight excluding hydrogens is 216 g/mol. The largest absolute Gasteiger partial charge is 0.313 e. The summed E-state index contributed by atoms with van der Waals surface area (Å²) in [5, 5.41) is 5.47. The van der Waals surface area contributed by atoms with Crippen molar-refractivity contribution in [1.82, 2.24) is 10.3 Å². The van der Waals surface area contributed by atoms with Gasteiger partial charge in [0.1, 0.15) is 0 Å². The van der Waals surface area contributed by atoms with Gasteiger partial charge in [-0.2, -0.15) is 0 Å². The Bertz CT molecular complexity index is 482. The van der Waals surface area contributed by atoms with Gasteiger partial charge in [-0.15, -0.1) is 11.3 Å². The third kappa shape index (κ3) is 2.11. The molecule has 86 valence electrons. The summed E-state index contributed by atoms with van der Waals surface area (Å²) in [4.78, 5) is 4.49. The molecule has 2 aromatic heterocycles. The summed E-state index contributed by atoms with van der Waals surface area (Å²) >= 11 is 1.75. The van der Waals surface area contributed by atoms with Gasteiger partial charge < -0.3 is 5.32 Å². The highest BCUT2D eigenvalue weighted by Crippen LogP contribution is 2.33. The molecule has 1 atom stereocenters. The molecule has 2 aromatic rings. The number of aromatic nitrogens is 1. The van der Waals surface area contributed by atoms with Crippen molar-refractivity contribution in [2.45, 2.75) is 26.8 Å². The molecule has 1 N–H and O–H groups in total. The van der Waals surface area contributed by atoms with Crippen LogP contribution in [0.15, 0.2) is 23.7 Å². The summed E-state index contributed by atoms with van der Waals surface area (Å²) < 4.78 is 1.27. The molecule has 0 radical (unpaired) electrons. The average molecular weight is 234 g/mol. The van der Waals surface area contributed by atoms with Gasteiger partial charge in [0.2, 0.25) is 0 Å². The maximum Gasteiger partial charge on any atom is 0.0809 e. The van der Waals surface area contributed by atoms with Crippen LogP contribution in [-0.4, -0.2) is 12.0 Å². The van der Waals surface area contributed by atoms with Crippen LogP contribution in [0, 0.1) is 5.41 Å². The molecular formula is C13H18N2S. The number of rotatable bonds is 2. The van der Waals surface area contributed by atoms with Crippen LogP contribution in [0.1, 0.15) is 32.4 Å². The lowest BCUT2D eigenvalue weighted by Gasteiger charge is -2.30. The van der Waals surface area contributed by atoms with Gasteiger partial charge in [-0.1, -0.05) is 20.8 Å². The molecule has 1 unspecified atom stereocenters. The van der Waals surface area contributed by atoms with Gasteiger partial charge in [0.15, 0.2) is 0 Å². The van der Waals surface area contributed by atoms with E-state index in [-0.39, 0.29) is 5.41 Å². The van der Waals surface area contributed by atoms with Crippen molar-refractivity contribution in [2.24, 2.45) is 5.41 Å². The molecule has 3 heteroatoms. The fourth-order valence-electron chi connectivity index (χ4n) is 2.12. The third-order valence-electron chi connectivity index (χ3n) is 2.81. The van der Waals surface area contributed by atoms with E-state index in [0.29, 0.717) is 6.04 Å². The lowest BCUT2D eigenvalue weighted by atomic mass is 9.83. The van der Waals surface area contributed by atoms with E-state index in [2.05, 4.69) is 48.6 Å². The first-order valence-corrected chi connectivity index (χ1v) is 6.41. The third-order valence-corrected chi connectivity index (χ3v) is 3.66. The Morgan fingerprint density at radius 1 is 1.38 bits per heavy atom. The lowest BCUT2D eigenvalue weighted by Crippen LogP contribution is -2.29. The van der Waals surface area contributed by atoms with Gasteiger partial charge in [0.25, 0.3) is 0 Å². The van der Waals surface area contributed by atoms with Crippen molar-refractivity contribution in [3.05, 3.63) is 29.3 Å². The molecule has 16 heavy (non-hydrogen) atoms. The summed E-state index contributed by atoms with van der Waals surface area (Å²) in [6, 6.07) is 4.65. The van der Waals surface area contributed by atoms with Crippen LogP contribution in [0.25, 0.3) is 10.2 Å². The van der Waals surface area contributed by atoms with Gasteiger partial charge in [0, 0.05) is 12.2 Å². The standard InChI is InChI=1S/C13H18N2S/c1-13(2,3)12(14-4)9-7-11-10(15-8-9)5-6-16-11/h5-8,12,14H,1-4H3. The van der Waals surface area contributed by atoms with E-state index in [4.69, 9.17) is 0 Å². The van der Waals surface area contributed by atoms with Crippen LogP contribution >= 0.6 is 11.3 Å². The zero-order valence-electron chi connectivity index (χ0n) is 10.2. The Balaban J connectivity index is 2.45. The zero-order valence-corrected chi connectivity index (χ0v) is 11.1. The fraction of sp³-hybridized carbons (Fsp3) is 0.462. The van der Waals surface area contributed by atoms with E-state index in [1.807, 2.05) is 13.2 Å². The smallest absolute Gasteiger partial charge is 0.0809 e. The SMILES string of the molecule is CNC(c1cnc2ccsc2c1)C(C)(C)C. The number of nitrogens with zero attached hydrogens (tertiary/aromatic N) is 1. The molecule has 0 saturated carbocycles. The van der Waals surface area contributed by atoms with E-state index >= 15 is 0 Å². The van der Waals surface area contributed by atoms with Crippen molar-refractivity contribution < 1.29 is 0 Å². The number of hydrogen-bond acceptors (Lipinski definition) is 3. The van der Waals surface area contributed by atoms with E-state index in [0.717, 1.165) is 5.52 Å². The normalized spacial score (nSPS) is 14.2. The number of pyridine rings is 1. The number of nitrogens with one attached hydrogen (secondary N) is 1. The lowest BCUT2D eigenvalue weighted by molar-refractivity contribution is 0.287. The summed E-state index contributed by atoms with van der Waals surface area (Å²) in [5.41, 5.74) is 2.56. The van der Waals surface area contributed by atoms with Crippen LogP contribution in [-0.2, 0) is 0 Å². The maximum absolute atomic E-state index is 4.49. The molecule has 2 rings (SSSR count). The molecule has 2 nitrogen and oxygen atoms in total. The van der Waals surface area contributed by atoms with E-state index in [9.17, 15) is 0 Å².